The van der Waals surface area contributed by atoms with E-state index in [1.165, 1.54) is 23.8 Å². The van der Waals surface area contributed by atoms with Gasteiger partial charge in [-0.15, -0.1) is 0 Å². The summed E-state index contributed by atoms with van der Waals surface area (Å²) in [5.74, 6) is 1.94. The Hall–Kier alpha value is -2.36. The van der Waals surface area contributed by atoms with E-state index in [1.807, 2.05) is 18.6 Å². The first kappa shape index (κ1) is 23.8. The maximum atomic E-state index is 12.9. The number of hydrogen-bond acceptors (Lipinski definition) is 6. The average molecular weight is 472 g/mol. The van der Waals surface area contributed by atoms with Crippen molar-refractivity contribution in [2.75, 3.05) is 19.6 Å². The number of rotatable bonds is 4. The number of piperidine rings is 1. The molecule has 9 heteroatoms. The summed E-state index contributed by atoms with van der Waals surface area (Å²) in [6.45, 7) is 5.14. The van der Waals surface area contributed by atoms with Crippen LogP contribution in [0.3, 0.4) is 0 Å². The molecule has 5 rings (SSSR count). The molecule has 0 spiro atoms. The van der Waals surface area contributed by atoms with Crippen molar-refractivity contribution < 1.29 is 13.2 Å². The minimum absolute atomic E-state index is 0.241. The molecule has 0 aromatic carbocycles. The number of likely N-dealkylation sites (tertiary alicyclic amines) is 1. The van der Waals surface area contributed by atoms with Crippen molar-refractivity contribution in [3.05, 3.63) is 36.3 Å². The second kappa shape index (κ2) is 10.7. The van der Waals surface area contributed by atoms with Gasteiger partial charge in [0, 0.05) is 35.6 Å². The van der Waals surface area contributed by atoms with Crippen LogP contribution in [0, 0.1) is 11.8 Å². The highest BCUT2D eigenvalue weighted by atomic mass is 32.2. The number of carbonyl (C=O) groups excluding carboxylic acids is 1. The van der Waals surface area contributed by atoms with Crippen LogP contribution < -0.4 is 5.14 Å². The van der Waals surface area contributed by atoms with Crippen LogP contribution in [0.15, 0.2) is 30.7 Å². The molecule has 178 valence electrons. The summed E-state index contributed by atoms with van der Waals surface area (Å²) >= 11 is 0. The lowest BCUT2D eigenvalue weighted by atomic mass is 9.76. The number of carbonyl (C=O) groups is 1. The average Bonchev–Trinajstić information content (AvgIpc) is 3.28. The van der Waals surface area contributed by atoms with Gasteiger partial charge in [-0.25, -0.2) is 18.5 Å². The highest BCUT2D eigenvalue weighted by Gasteiger charge is 2.30. The molecular weight excluding hydrogens is 438 g/mol. The molecule has 8 nitrogen and oxygen atoms in total. The number of hydrogen-bond donors (Lipinski definition) is 3. The Labute approximate surface area is 196 Å². The standard InChI is InChI=1S/C24H30N4O.H3NO2S/c1-16-3-2-12-28(14-16)15-22(29)18-6-4-17(5-7-18)19-8-10-25-21-13-27-24-20(23(19)21)9-11-26-24;1-4(2)3/h8-11,13,16-18H,2-7,12,14-15H2,1H3,(H,26,27);4H,(H2,1,2,3). The number of Topliss-reactive ketones (excluding diaryl/α,β-unsaturated/α-hetero) is 1. The molecule has 3 aromatic rings. The van der Waals surface area contributed by atoms with E-state index in [9.17, 15) is 4.79 Å². The van der Waals surface area contributed by atoms with Gasteiger partial charge in [0.15, 0.2) is 10.9 Å². The molecule has 3 N–H and O–H groups in total. The van der Waals surface area contributed by atoms with Crippen molar-refractivity contribution in [2.24, 2.45) is 17.0 Å². The molecule has 1 saturated heterocycles. The first-order chi connectivity index (χ1) is 15.9. The molecule has 1 saturated carbocycles. The molecule has 0 amide bonds. The van der Waals surface area contributed by atoms with Crippen molar-refractivity contribution in [3.63, 3.8) is 0 Å². The lowest BCUT2D eigenvalue weighted by Crippen LogP contribution is -2.40. The quantitative estimate of drug-likeness (QED) is 0.503. The number of thiol groups is 1. The van der Waals surface area contributed by atoms with E-state index in [4.69, 9.17) is 8.42 Å². The van der Waals surface area contributed by atoms with E-state index >= 15 is 0 Å². The highest BCUT2D eigenvalue weighted by molar-refractivity contribution is 7.69. The third-order valence-corrected chi connectivity index (χ3v) is 7.07. The fraction of sp³-hybridized carbons (Fsp3) is 0.542. The fourth-order valence-corrected chi connectivity index (χ4v) is 5.53. The Morgan fingerprint density at radius 1 is 1.18 bits per heavy atom. The van der Waals surface area contributed by atoms with Crippen LogP contribution in [-0.4, -0.2) is 53.7 Å². The molecular formula is C24H33N5O3S. The Kier molecular flexibility index (Phi) is 7.72. The van der Waals surface area contributed by atoms with Crippen LogP contribution in [-0.2, 0) is 15.7 Å². The number of nitrogens with zero attached hydrogens (tertiary/aromatic N) is 3. The second-order valence-electron chi connectivity index (χ2n) is 9.44. The maximum absolute atomic E-state index is 12.9. The number of fused-ring (bicyclic) bond motifs is 3. The molecule has 2 aliphatic rings. The summed E-state index contributed by atoms with van der Waals surface area (Å²) in [5.41, 5.74) is 3.26. The number of aromatic amines is 1. The zero-order valence-electron chi connectivity index (χ0n) is 19.1. The number of ketones is 1. The van der Waals surface area contributed by atoms with E-state index in [0.717, 1.165) is 61.2 Å². The highest BCUT2D eigenvalue weighted by Crippen LogP contribution is 2.40. The molecule has 33 heavy (non-hydrogen) atoms. The van der Waals surface area contributed by atoms with Crippen LogP contribution in [0.25, 0.3) is 21.9 Å². The van der Waals surface area contributed by atoms with Crippen LogP contribution in [0.5, 0.6) is 0 Å². The lowest BCUT2D eigenvalue weighted by molar-refractivity contribution is -0.125. The Morgan fingerprint density at radius 2 is 1.94 bits per heavy atom. The first-order valence-electron chi connectivity index (χ1n) is 11.8. The van der Waals surface area contributed by atoms with Crippen molar-refractivity contribution in [2.45, 2.75) is 51.4 Å². The summed E-state index contributed by atoms with van der Waals surface area (Å²) in [6, 6.07) is 4.28. The summed E-state index contributed by atoms with van der Waals surface area (Å²) in [4.78, 5) is 27.5. The van der Waals surface area contributed by atoms with Gasteiger partial charge >= 0.3 is 0 Å². The largest absolute Gasteiger partial charge is 0.346 e. The van der Waals surface area contributed by atoms with Crippen LogP contribution in [0.1, 0.15) is 56.9 Å². The van der Waals surface area contributed by atoms with Gasteiger partial charge in [-0.2, -0.15) is 0 Å². The van der Waals surface area contributed by atoms with Gasteiger partial charge in [0.25, 0.3) is 0 Å². The van der Waals surface area contributed by atoms with E-state index in [-0.39, 0.29) is 5.92 Å². The van der Waals surface area contributed by atoms with Gasteiger partial charge in [0.05, 0.1) is 18.3 Å². The molecule has 4 heterocycles. The van der Waals surface area contributed by atoms with Gasteiger partial charge in [-0.3, -0.25) is 14.7 Å². The smallest absolute Gasteiger partial charge is 0.198 e. The number of nitrogens with one attached hydrogen (secondary N) is 1. The monoisotopic (exact) mass is 471 g/mol. The van der Waals surface area contributed by atoms with Crippen LogP contribution >= 0.6 is 0 Å². The molecule has 0 radical (unpaired) electrons. The topological polar surface area (TPSA) is 122 Å². The number of pyridine rings is 2. The molecule has 1 unspecified atom stereocenters. The predicted octanol–water partition coefficient (Wildman–Crippen LogP) is 3.16. The summed E-state index contributed by atoms with van der Waals surface area (Å²) in [5, 5.41) is 6.45. The molecule has 1 aliphatic carbocycles. The van der Waals surface area contributed by atoms with Crippen LogP contribution in [0.4, 0.5) is 0 Å². The van der Waals surface area contributed by atoms with Crippen molar-refractivity contribution in [3.8, 4) is 0 Å². The normalized spacial score (nSPS) is 24.0. The molecule has 3 aromatic heterocycles. The molecule has 0 bridgehead atoms. The van der Waals surface area contributed by atoms with Crippen molar-refractivity contribution >= 4 is 38.6 Å². The van der Waals surface area contributed by atoms with Crippen molar-refractivity contribution in [1.82, 2.24) is 19.9 Å². The minimum Gasteiger partial charge on any atom is -0.346 e. The summed E-state index contributed by atoms with van der Waals surface area (Å²) < 4.78 is 17.6. The van der Waals surface area contributed by atoms with Crippen LogP contribution in [0.2, 0.25) is 0 Å². The van der Waals surface area contributed by atoms with Gasteiger partial charge in [0.1, 0.15) is 11.4 Å². The van der Waals surface area contributed by atoms with E-state index in [0.29, 0.717) is 18.2 Å². The second-order valence-corrected chi connectivity index (χ2v) is 10.0. The SMILES string of the molecule is CC1CCCN(CC(=O)C2CCC(c3ccnc4cnc5[nH]ccc5c34)CC2)C1.N[SH](=O)=O. The van der Waals surface area contributed by atoms with E-state index < -0.39 is 10.9 Å². The fourth-order valence-electron chi connectivity index (χ4n) is 5.53. The summed E-state index contributed by atoms with van der Waals surface area (Å²) in [6.07, 6.45) is 12.5. The van der Waals surface area contributed by atoms with Gasteiger partial charge in [-0.1, -0.05) is 6.92 Å². The Bertz CT molecular complexity index is 1180. The van der Waals surface area contributed by atoms with E-state index in [2.05, 4.69) is 44.0 Å². The van der Waals surface area contributed by atoms with Gasteiger partial charge in [0.2, 0.25) is 0 Å². The third kappa shape index (κ3) is 5.77. The number of aromatic nitrogens is 3. The number of nitrogens with two attached hydrogens (primary N) is 1. The summed E-state index contributed by atoms with van der Waals surface area (Å²) in [7, 11) is -2.62. The van der Waals surface area contributed by atoms with Crippen molar-refractivity contribution in [1.29, 1.82) is 0 Å². The van der Waals surface area contributed by atoms with E-state index in [1.54, 1.807) is 0 Å². The zero-order chi connectivity index (χ0) is 23.4. The minimum atomic E-state index is -2.62. The zero-order valence-corrected chi connectivity index (χ0v) is 20.0. The Balaban J connectivity index is 0.000000601. The number of H-pyrrole nitrogens is 1. The van der Waals surface area contributed by atoms with Gasteiger partial charge in [-0.05, 0) is 74.6 Å². The maximum Gasteiger partial charge on any atom is 0.198 e. The predicted molar refractivity (Wildman–Crippen MR) is 130 cm³/mol. The lowest BCUT2D eigenvalue weighted by Gasteiger charge is -2.33. The molecule has 1 atom stereocenters. The molecule has 2 fully saturated rings. The van der Waals surface area contributed by atoms with Gasteiger partial charge < -0.3 is 4.98 Å². The first-order valence-corrected chi connectivity index (χ1v) is 13.0. The molecule has 1 aliphatic heterocycles. The third-order valence-electron chi connectivity index (χ3n) is 7.07. The Morgan fingerprint density at radius 3 is 2.67 bits per heavy atom.